The number of ether oxygens (including phenoxy) is 1. The summed E-state index contributed by atoms with van der Waals surface area (Å²) in [6, 6.07) is 9.01. The lowest BCUT2D eigenvalue weighted by Crippen LogP contribution is -2.11. The Morgan fingerprint density at radius 2 is 1.93 bits per heavy atom. The number of hydrogen-bond acceptors (Lipinski definition) is 3. The van der Waals surface area contributed by atoms with Crippen molar-refractivity contribution in [3.63, 3.8) is 0 Å². The van der Waals surface area contributed by atoms with Crippen molar-refractivity contribution in [2.45, 2.75) is 26.5 Å². The van der Waals surface area contributed by atoms with Crippen LogP contribution < -0.4 is 4.74 Å². The van der Waals surface area contributed by atoms with Gasteiger partial charge < -0.3 is 9.84 Å². The van der Waals surface area contributed by atoms with Gasteiger partial charge in [0, 0.05) is 10.9 Å². The largest absolute Gasteiger partial charge is 0.478 e. The molecule has 1 atom stereocenters. The molecule has 0 aliphatic carbocycles. The first-order chi connectivity index (χ1) is 12.9. The number of fused-ring (bicyclic) bond motifs is 1. The van der Waals surface area contributed by atoms with E-state index in [1.807, 2.05) is 6.92 Å². The zero-order chi connectivity index (χ0) is 19.6. The zero-order valence-corrected chi connectivity index (χ0v) is 14.6. The monoisotopic (exact) mass is 370 g/mol. The van der Waals surface area contributed by atoms with Crippen LogP contribution in [0.4, 0.5) is 8.78 Å². The molecule has 0 saturated heterocycles. The van der Waals surface area contributed by atoms with Crippen LogP contribution in [0.2, 0.25) is 0 Å². The van der Waals surface area contributed by atoms with Crippen molar-refractivity contribution in [3.8, 4) is 17.6 Å². The van der Waals surface area contributed by atoms with Crippen LogP contribution in [0.3, 0.4) is 0 Å². The average molecular weight is 370 g/mol. The van der Waals surface area contributed by atoms with E-state index in [0.717, 1.165) is 5.56 Å². The highest BCUT2D eigenvalue weighted by atomic mass is 19.3. The van der Waals surface area contributed by atoms with Crippen LogP contribution in [0.5, 0.6) is 5.75 Å². The number of halogens is 2. The predicted octanol–water partition coefficient (Wildman–Crippen LogP) is 4.32. The maximum absolute atomic E-state index is 12.3. The molecule has 7 heteroatoms. The molecule has 1 unspecified atom stereocenters. The number of aromatic nitrogens is 2. The van der Waals surface area contributed by atoms with E-state index in [1.54, 1.807) is 36.0 Å². The summed E-state index contributed by atoms with van der Waals surface area (Å²) in [6.45, 7) is 0.659. The SMILES string of the molecule is CC#Cc1ccc(C(=O)O)c2c1cnn2C(C)c1ccc(OC(F)F)cc1. The van der Waals surface area contributed by atoms with Gasteiger partial charge in [-0.25, -0.2) is 4.79 Å². The zero-order valence-electron chi connectivity index (χ0n) is 14.6. The fourth-order valence-corrected chi connectivity index (χ4v) is 2.94. The van der Waals surface area contributed by atoms with Crippen LogP contribution in [0, 0.1) is 11.8 Å². The summed E-state index contributed by atoms with van der Waals surface area (Å²) in [6.07, 6.45) is 1.59. The molecule has 0 saturated carbocycles. The van der Waals surface area contributed by atoms with Crippen LogP contribution in [-0.2, 0) is 0 Å². The second-order valence-electron chi connectivity index (χ2n) is 5.82. The Balaban J connectivity index is 2.09. The Hall–Kier alpha value is -3.40. The molecule has 0 bridgehead atoms. The summed E-state index contributed by atoms with van der Waals surface area (Å²) < 4.78 is 30.5. The molecule has 0 spiro atoms. The van der Waals surface area contributed by atoms with Crippen molar-refractivity contribution < 1.29 is 23.4 Å². The maximum Gasteiger partial charge on any atom is 0.387 e. The van der Waals surface area contributed by atoms with Crippen molar-refractivity contribution in [2.24, 2.45) is 0 Å². The summed E-state index contributed by atoms with van der Waals surface area (Å²) in [4.78, 5) is 11.7. The Bertz CT molecular complexity index is 1050. The molecule has 1 aromatic heterocycles. The summed E-state index contributed by atoms with van der Waals surface area (Å²) in [5.41, 5.74) is 2.04. The van der Waals surface area contributed by atoms with Crippen molar-refractivity contribution in [2.75, 3.05) is 0 Å². The van der Waals surface area contributed by atoms with Crippen LogP contribution in [0.1, 0.15) is 41.4 Å². The number of rotatable bonds is 5. The van der Waals surface area contributed by atoms with Gasteiger partial charge in [-0.05, 0) is 43.7 Å². The Morgan fingerprint density at radius 1 is 1.22 bits per heavy atom. The summed E-state index contributed by atoms with van der Waals surface area (Å²) in [7, 11) is 0. The molecule has 1 heterocycles. The van der Waals surface area contributed by atoms with Gasteiger partial charge in [0.15, 0.2) is 0 Å². The minimum atomic E-state index is -2.89. The Morgan fingerprint density at radius 3 is 2.52 bits per heavy atom. The molecule has 0 fully saturated rings. The Labute approximate surface area is 154 Å². The van der Waals surface area contributed by atoms with Gasteiger partial charge in [-0.1, -0.05) is 18.1 Å². The van der Waals surface area contributed by atoms with Crippen molar-refractivity contribution >= 4 is 16.9 Å². The normalized spacial score (nSPS) is 11.9. The van der Waals surface area contributed by atoms with Gasteiger partial charge in [0.05, 0.1) is 23.3 Å². The van der Waals surface area contributed by atoms with Crippen molar-refractivity contribution in [1.29, 1.82) is 0 Å². The first kappa shape index (κ1) is 18.4. The molecule has 3 aromatic rings. The molecule has 1 N–H and O–H groups in total. The first-order valence-electron chi connectivity index (χ1n) is 8.13. The third-order valence-electron chi connectivity index (χ3n) is 4.20. The maximum atomic E-state index is 12.3. The van der Waals surface area contributed by atoms with Gasteiger partial charge >= 0.3 is 12.6 Å². The quantitative estimate of drug-likeness (QED) is 0.680. The highest BCUT2D eigenvalue weighted by Crippen LogP contribution is 2.29. The van der Waals surface area contributed by atoms with E-state index >= 15 is 0 Å². The number of carboxylic acids is 1. The molecule has 0 radical (unpaired) electrons. The van der Waals surface area contributed by atoms with E-state index in [-0.39, 0.29) is 17.4 Å². The molecule has 27 heavy (non-hydrogen) atoms. The van der Waals surface area contributed by atoms with Crippen LogP contribution >= 0.6 is 0 Å². The molecule has 0 amide bonds. The molecule has 138 valence electrons. The molecule has 0 aliphatic heterocycles. The third-order valence-corrected chi connectivity index (χ3v) is 4.20. The fraction of sp³-hybridized carbons (Fsp3) is 0.200. The van der Waals surface area contributed by atoms with Crippen molar-refractivity contribution in [3.05, 3.63) is 59.3 Å². The molecule has 0 aliphatic rings. The van der Waals surface area contributed by atoms with E-state index in [0.29, 0.717) is 16.5 Å². The lowest BCUT2D eigenvalue weighted by atomic mass is 10.0. The topological polar surface area (TPSA) is 64.3 Å². The average Bonchev–Trinajstić information content (AvgIpc) is 3.07. The third kappa shape index (κ3) is 3.60. The van der Waals surface area contributed by atoms with Gasteiger partial charge in [0.25, 0.3) is 0 Å². The van der Waals surface area contributed by atoms with Crippen molar-refractivity contribution in [1.82, 2.24) is 9.78 Å². The van der Waals surface area contributed by atoms with Gasteiger partial charge in [0.2, 0.25) is 0 Å². The van der Waals surface area contributed by atoms with Gasteiger partial charge in [-0.3, -0.25) is 4.68 Å². The van der Waals surface area contributed by atoms with Gasteiger partial charge in [-0.15, -0.1) is 5.92 Å². The van der Waals surface area contributed by atoms with E-state index in [1.165, 1.54) is 18.2 Å². The number of benzene rings is 2. The molecule has 5 nitrogen and oxygen atoms in total. The minimum Gasteiger partial charge on any atom is -0.478 e. The predicted molar refractivity (Wildman–Crippen MR) is 96.1 cm³/mol. The lowest BCUT2D eigenvalue weighted by Gasteiger charge is -2.16. The second-order valence-corrected chi connectivity index (χ2v) is 5.82. The summed E-state index contributed by atoms with van der Waals surface area (Å²) >= 11 is 0. The van der Waals surface area contributed by atoms with Crippen LogP contribution in [-0.4, -0.2) is 27.5 Å². The second kappa shape index (κ2) is 7.46. The summed E-state index contributed by atoms with van der Waals surface area (Å²) in [5.74, 6) is 4.75. The van der Waals surface area contributed by atoms with E-state index in [2.05, 4.69) is 21.7 Å². The van der Waals surface area contributed by atoms with Gasteiger partial charge in [0.1, 0.15) is 5.75 Å². The van der Waals surface area contributed by atoms with E-state index < -0.39 is 12.6 Å². The number of aromatic carboxylic acids is 1. The highest BCUT2D eigenvalue weighted by molar-refractivity contribution is 6.03. The summed E-state index contributed by atoms with van der Waals surface area (Å²) in [5, 5.41) is 14.6. The number of alkyl halides is 2. The number of carboxylic acid groups (broad SMARTS) is 1. The smallest absolute Gasteiger partial charge is 0.387 e. The fourth-order valence-electron chi connectivity index (χ4n) is 2.94. The molecule has 3 rings (SSSR count). The molecular weight excluding hydrogens is 354 g/mol. The highest BCUT2D eigenvalue weighted by Gasteiger charge is 2.20. The number of nitrogens with zero attached hydrogens (tertiary/aromatic N) is 2. The standard InChI is InChI=1S/C20H16F2N2O3/c1-3-4-14-7-10-16(19(25)26)18-17(14)11-23-24(18)12(2)13-5-8-15(9-6-13)27-20(21)22/h5-12,20H,1-2H3,(H,25,26). The van der Waals surface area contributed by atoms with E-state index in [9.17, 15) is 18.7 Å². The van der Waals surface area contributed by atoms with Crippen LogP contribution in [0.15, 0.2) is 42.6 Å². The number of hydrogen-bond donors (Lipinski definition) is 1. The van der Waals surface area contributed by atoms with Gasteiger partial charge in [-0.2, -0.15) is 13.9 Å². The molecule has 2 aromatic carbocycles. The molecular formula is C20H16F2N2O3. The number of carbonyl (C=O) groups is 1. The van der Waals surface area contributed by atoms with Crippen LogP contribution in [0.25, 0.3) is 10.9 Å². The Kier molecular flexibility index (Phi) is 5.08. The first-order valence-corrected chi connectivity index (χ1v) is 8.13. The lowest BCUT2D eigenvalue weighted by molar-refractivity contribution is -0.0498. The minimum absolute atomic E-state index is 0.0537. The van der Waals surface area contributed by atoms with E-state index in [4.69, 9.17) is 0 Å².